The zero-order valence-electron chi connectivity index (χ0n) is 14.8. The summed E-state index contributed by atoms with van der Waals surface area (Å²) in [4.78, 5) is 37.4. The number of aryl methyl sites for hydroxylation is 1. The summed E-state index contributed by atoms with van der Waals surface area (Å²) in [6.45, 7) is 5.77. The Morgan fingerprint density at radius 3 is 2.44 bits per heavy atom. The van der Waals surface area contributed by atoms with Crippen molar-refractivity contribution in [1.82, 2.24) is 4.40 Å². The van der Waals surface area contributed by atoms with Gasteiger partial charge < -0.3 is 13.9 Å². The number of nitrogens with zero attached hydrogens (tertiary/aromatic N) is 1. The fourth-order valence-electron chi connectivity index (χ4n) is 2.62. The van der Waals surface area contributed by atoms with E-state index in [1.807, 2.05) is 19.1 Å². The average Bonchev–Trinajstić information content (AvgIpc) is 2.88. The molecule has 0 spiro atoms. The maximum Gasteiger partial charge on any atom is 0.341 e. The molecule has 0 fully saturated rings. The monoisotopic (exact) mass is 363 g/mol. The SMILES string of the molecule is CCOC(=O)CC(=O)c1c(SC)c(C(=O)OCC)c2cc(C)ccn12. The molecule has 6 nitrogen and oxygen atoms in total. The van der Waals surface area contributed by atoms with E-state index < -0.39 is 17.7 Å². The molecule has 0 unspecified atom stereocenters. The van der Waals surface area contributed by atoms with Crippen LogP contribution in [0.5, 0.6) is 0 Å². The lowest BCUT2D eigenvalue weighted by Gasteiger charge is -2.05. The molecule has 2 rings (SSSR count). The number of thioether (sulfide) groups is 1. The van der Waals surface area contributed by atoms with Crippen molar-refractivity contribution in [3.8, 4) is 0 Å². The summed E-state index contributed by atoms with van der Waals surface area (Å²) >= 11 is 1.28. The van der Waals surface area contributed by atoms with Crippen molar-refractivity contribution in [2.75, 3.05) is 19.5 Å². The number of hydrogen-bond acceptors (Lipinski definition) is 6. The average molecular weight is 363 g/mol. The van der Waals surface area contributed by atoms with Gasteiger partial charge in [0, 0.05) is 6.20 Å². The summed E-state index contributed by atoms with van der Waals surface area (Å²) < 4.78 is 11.7. The Bertz CT molecular complexity index is 824. The summed E-state index contributed by atoms with van der Waals surface area (Å²) in [5.41, 5.74) is 2.20. The van der Waals surface area contributed by atoms with E-state index in [-0.39, 0.29) is 19.6 Å². The zero-order valence-corrected chi connectivity index (χ0v) is 15.6. The number of rotatable bonds is 7. The summed E-state index contributed by atoms with van der Waals surface area (Å²) in [6, 6.07) is 3.67. The van der Waals surface area contributed by atoms with Crippen LogP contribution in [-0.4, -0.2) is 41.6 Å². The Morgan fingerprint density at radius 2 is 1.84 bits per heavy atom. The molecule has 0 saturated carbocycles. The Hall–Kier alpha value is -2.28. The predicted octanol–water partition coefficient (Wildman–Crippen LogP) is 3.28. The van der Waals surface area contributed by atoms with E-state index in [1.165, 1.54) is 11.8 Å². The van der Waals surface area contributed by atoms with Crippen LogP contribution >= 0.6 is 11.8 Å². The highest BCUT2D eigenvalue weighted by molar-refractivity contribution is 7.98. The van der Waals surface area contributed by atoms with Gasteiger partial charge in [0.1, 0.15) is 12.1 Å². The molecule has 25 heavy (non-hydrogen) atoms. The van der Waals surface area contributed by atoms with Crippen LogP contribution in [0.1, 0.15) is 46.7 Å². The number of esters is 2. The summed E-state index contributed by atoms with van der Waals surface area (Å²) in [5, 5.41) is 0. The maximum absolute atomic E-state index is 12.7. The van der Waals surface area contributed by atoms with Gasteiger partial charge in [-0.2, -0.15) is 0 Å². The molecule has 0 N–H and O–H groups in total. The second kappa shape index (κ2) is 8.20. The van der Waals surface area contributed by atoms with Crippen molar-refractivity contribution in [2.45, 2.75) is 32.1 Å². The van der Waals surface area contributed by atoms with Crippen molar-refractivity contribution in [2.24, 2.45) is 0 Å². The van der Waals surface area contributed by atoms with Crippen molar-refractivity contribution >= 4 is 35.0 Å². The van der Waals surface area contributed by atoms with Gasteiger partial charge >= 0.3 is 11.9 Å². The molecule has 134 valence electrons. The summed E-state index contributed by atoms with van der Waals surface area (Å²) in [6.07, 6.45) is 3.14. The molecular formula is C18H21NO5S. The molecule has 7 heteroatoms. The number of hydrogen-bond donors (Lipinski definition) is 0. The first-order valence-electron chi connectivity index (χ1n) is 7.99. The largest absolute Gasteiger partial charge is 0.466 e. The number of carbonyl (C=O) groups excluding carboxylic acids is 3. The molecule has 0 aliphatic carbocycles. The zero-order chi connectivity index (χ0) is 18.6. The molecule has 0 atom stereocenters. The number of ether oxygens (including phenoxy) is 2. The smallest absolute Gasteiger partial charge is 0.341 e. The van der Waals surface area contributed by atoms with Crippen LogP contribution < -0.4 is 0 Å². The molecule has 0 aliphatic rings. The normalized spacial score (nSPS) is 10.7. The van der Waals surface area contributed by atoms with Gasteiger partial charge in [-0.05, 0) is 44.7 Å². The maximum atomic E-state index is 12.7. The molecule has 0 aromatic carbocycles. The minimum Gasteiger partial charge on any atom is -0.466 e. The van der Waals surface area contributed by atoms with E-state index >= 15 is 0 Å². The Balaban J connectivity index is 2.64. The first-order valence-corrected chi connectivity index (χ1v) is 9.21. The third-order valence-electron chi connectivity index (χ3n) is 3.61. The van der Waals surface area contributed by atoms with Crippen LogP contribution in [0.4, 0.5) is 0 Å². The van der Waals surface area contributed by atoms with Crippen molar-refractivity contribution < 1.29 is 23.9 Å². The molecule has 0 bridgehead atoms. The van der Waals surface area contributed by atoms with E-state index in [4.69, 9.17) is 9.47 Å². The van der Waals surface area contributed by atoms with Gasteiger partial charge in [0.05, 0.1) is 29.2 Å². The van der Waals surface area contributed by atoms with Crippen LogP contribution in [0, 0.1) is 6.92 Å². The van der Waals surface area contributed by atoms with Crippen LogP contribution in [0.3, 0.4) is 0 Å². The number of fused-ring (bicyclic) bond motifs is 1. The van der Waals surface area contributed by atoms with Gasteiger partial charge in [0.25, 0.3) is 0 Å². The van der Waals surface area contributed by atoms with Gasteiger partial charge in [-0.15, -0.1) is 11.8 Å². The molecule has 2 aromatic rings. The van der Waals surface area contributed by atoms with E-state index in [9.17, 15) is 14.4 Å². The highest BCUT2D eigenvalue weighted by Gasteiger charge is 2.28. The molecule has 2 aromatic heterocycles. The second-order valence-corrected chi connectivity index (χ2v) is 6.16. The first kappa shape index (κ1) is 19.1. The van der Waals surface area contributed by atoms with Gasteiger partial charge in [-0.25, -0.2) is 4.79 Å². The highest BCUT2D eigenvalue weighted by Crippen LogP contribution is 2.33. The minimum atomic E-state index is -0.584. The van der Waals surface area contributed by atoms with Gasteiger partial charge in [-0.1, -0.05) is 0 Å². The predicted molar refractivity (Wildman–Crippen MR) is 95.5 cm³/mol. The summed E-state index contributed by atoms with van der Waals surface area (Å²) in [7, 11) is 0. The Labute approximate surface area is 150 Å². The van der Waals surface area contributed by atoms with Crippen LogP contribution in [-0.2, 0) is 14.3 Å². The number of aromatic nitrogens is 1. The van der Waals surface area contributed by atoms with E-state index in [0.29, 0.717) is 21.7 Å². The molecule has 0 saturated heterocycles. The van der Waals surface area contributed by atoms with Crippen LogP contribution in [0.25, 0.3) is 5.52 Å². The first-order chi connectivity index (χ1) is 11.9. The highest BCUT2D eigenvalue weighted by atomic mass is 32.2. The fourth-order valence-corrected chi connectivity index (χ4v) is 3.42. The third-order valence-corrected chi connectivity index (χ3v) is 4.41. The van der Waals surface area contributed by atoms with Crippen molar-refractivity contribution in [3.63, 3.8) is 0 Å². The lowest BCUT2D eigenvalue weighted by molar-refractivity contribution is -0.141. The number of carbonyl (C=O) groups is 3. The van der Waals surface area contributed by atoms with E-state index in [1.54, 1.807) is 30.7 Å². The molecule has 2 heterocycles. The molecule has 0 aliphatic heterocycles. The lowest BCUT2D eigenvalue weighted by Crippen LogP contribution is -2.14. The van der Waals surface area contributed by atoms with E-state index in [0.717, 1.165) is 5.56 Å². The van der Waals surface area contributed by atoms with Crippen molar-refractivity contribution in [3.05, 3.63) is 35.2 Å². The third kappa shape index (κ3) is 3.87. The summed E-state index contributed by atoms with van der Waals surface area (Å²) in [5.74, 6) is -1.46. The number of ketones is 1. The Kier molecular flexibility index (Phi) is 6.25. The minimum absolute atomic E-state index is 0.212. The standard InChI is InChI=1S/C18H21NO5S/c1-5-23-14(21)10-13(20)16-17(25-4)15(18(22)24-6-2)12-9-11(3)7-8-19(12)16/h7-9H,5-6,10H2,1-4H3. The van der Waals surface area contributed by atoms with Crippen LogP contribution in [0.15, 0.2) is 23.2 Å². The van der Waals surface area contributed by atoms with Gasteiger partial charge in [0.15, 0.2) is 5.78 Å². The number of pyridine rings is 1. The quantitative estimate of drug-likeness (QED) is 0.325. The van der Waals surface area contributed by atoms with E-state index in [2.05, 4.69) is 0 Å². The van der Waals surface area contributed by atoms with Crippen molar-refractivity contribution in [1.29, 1.82) is 0 Å². The topological polar surface area (TPSA) is 74.1 Å². The van der Waals surface area contributed by atoms with Gasteiger partial charge in [0.2, 0.25) is 0 Å². The molecule has 0 amide bonds. The molecule has 0 radical (unpaired) electrons. The van der Waals surface area contributed by atoms with Gasteiger partial charge in [-0.3, -0.25) is 9.59 Å². The number of Topliss-reactive ketones (excluding diaryl/α,β-unsaturated/α-hetero) is 1. The fraction of sp³-hybridized carbons (Fsp3) is 0.389. The second-order valence-electron chi connectivity index (χ2n) is 5.34. The van der Waals surface area contributed by atoms with Crippen LogP contribution in [0.2, 0.25) is 0 Å². The molecular weight excluding hydrogens is 342 g/mol. The Morgan fingerprint density at radius 1 is 1.16 bits per heavy atom. The lowest BCUT2D eigenvalue weighted by atomic mass is 10.2.